The number of para-hydroxylation sites is 1. The van der Waals surface area contributed by atoms with E-state index in [0.717, 1.165) is 24.1 Å². The highest BCUT2D eigenvalue weighted by Gasteiger charge is 2.46. The molecular formula is C25H26N6O2. The number of aliphatic hydroxyl groups is 1. The number of anilines is 3. The molecule has 5 N–H and O–H groups in total. The van der Waals surface area contributed by atoms with Gasteiger partial charge in [0.15, 0.2) is 0 Å². The topological polar surface area (TPSA) is 128 Å². The number of hydrogen-bond donors (Lipinski definition) is 4. The zero-order valence-electron chi connectivity index (χ0n) is 18.2. The molecule has 0 bridgehead atoms. The van der Waals surface area contributed by atoms with Crippen molar-refractivity contribution < 1.29 is 9.90 Å². The second-order valence-electron chi connectivity index (χ2n) is 8.08. The Kier molecular flexibility index (Phi) is 6.19. The van der Waals surface area contributed by atoms with Crippen LogP contribution in [0.2, 0.25) is 0 Å². The van der Waals surface area contributed by atoms with Gasteiger partial charge >= 0.3 is 0 Å². The molecule has 3 aromatic rings. The number of carbonyl (C=O) groups excluding carboxylic acids is 1. The average Bonchev–Trinajstić information content (AvgIpc) is 3.61. The van der Waals surface area contributed by atoms with E-state index in [1.807, 2.05) is 30.3 Å². The molecule has 1 aliphatic carbocycles. The fourth-order valence-corrected chi connectivity index (χ4v) is 3.70. The van der Waals surface area contributed by atoms with Crippen molar-refractivity contribution in [1.29, 1.82) is 5.41 Å². The molecule has 0 spiro atoms. The first-order valence-electron chi connectivity index (χ1n) is 10.6. The Balaban J connectivity index is 1.62. The third-order valence-corrected chi connectivity index (χ3v) is 5.76. The molecule has 0 radical (unpaired) electrons. The van der Waals surface area contributed by atoms with Gasteiger partial charge in [-0.05, 0) is 36.6 Å². The van der Waals surface area contributed by atoms with Gasteiger partial charge in [0.25, 0.3) is 0 Å². The third kappa shape index (κ3) is 4.75. The molecule has 0 aliphatic heterocycles. The fraction of sp³-hybridized carbons (Fsp3) is 0.200. The smallest absolute Gasteiger partial charge is 0.250 e. The summed E-state index contributed by atoms with van der Waals surface area (Å²) < 4.78 is 0. The lowest BCUT2D eigenvalue weighted by molar-refractivity contribution is -0.114. The Morgan fingerprint density at radius 2 is 1.88 bits per heavy atom. The quantitative estimate of drug-likeness (QED) is 0.298. The normalized spacial score (nSPS) is 13.7. The van der Waals surface area contributed by atoms with Gasteiger partial charge in [-0.25, -0.2) is 9.97 Å². The minimum absolute atomic E-state index is 0.0686. The van der Waals surface area contributed by atoms with Gasteiger partial charge in [-0.15, -0.1) is 0 Å². The lowest BCUT2D eigenvalue weighted by atomic mass is 10.0. The van der Waals surface area contributed by atoms with E-state index in [4.69, 9.17) is 11.1 Å². The van der Waals surface area contributed by atoms with Crippen molar-refractivity contribution in [3.63, 3.8) is 0 Å². The van der Waals surface area contributed by atoms with Crippen molar-refractivity contribution in [2.45, 2.75) is 25.0 Å². The Bertz CT molecular complexity index is 1170. The van der Waals surface area contributed by atoms with E-state index in [0.29, 0.717) is 23.5 Å². The molecule has 8 nitrogen and oxygen atoms in total. The van der Waals surface area contributed by atoms with Crippen molar-refractivity contribution in [2.75, 3.05) is 22.5 Å². The summed E-state index contributed by atoms with van der Waals surface area (Å²) in [6.07, 6.45) is 4.34. The summed E-state index contributed by atoms with van der Waals surface area (Å²) in [7, 11) is 0. The van der Waals surface area contributed by atoms with E-state index in [9.17, 15) is 9.90 Å². The monoisotopic (exact) mass is 442 g/mol. The number of nitrogen functional groups attached to an aromatic ring is 1. The largest absolute Gasteiger partial charge is 0.392 e. The highest BCUT2D eigenvalue weighted by molar-refractivity contribution is 6.16. The molecule has 1 saturated carbocycles. The molecule has 1 fully saturated rings. The van der Waals surface area contributed by atoms with Crippen LogP contribution in [-0.2, 0) is 11.4 Å². The Labute approximate surface area is 192 Å². The molecule has 0 unspecified atom stereocenters. The summed E-state index contributed by atoms with van der Waals surface area (Å²) in [5.74, 6) is 0.463. The maximum absolute atomic E-state index is 12.6. The maximum atomic E-state index is 12.6. The van der Waals surface area contributed by atoms with Gasteiger partial charge in [0.2, 0.25) is 5.91 Å². The predicted octanol–water partition coefficient (Wildman–Crippen LogP) is 3.13. The first-order valence-corrected chi connectivity index (χ1v) is 10.6. The Morgan fingerprint density at radius 1 is 1.18 bits per heavy atom. The second kappa shape index (κ2) is 9.22. The molecule has 1 heterocycles. The Hall–Kier alpha value is -4.04. The maximum Gasteiger partial charge on any atom is 0.250 e. The van der Waals surface area contributed by atoms with Crippen molar-refractivity contribution in [2.24, 2.45) is 0 Å². The SMILES string of the molecule is C=CC(=O)N(CC1(Nc2ncnc(N)c2C(=N)c2ccc(CO)cc2)CC1)c1ccccc1. The van der Waals surface area contributed by atoms with E-state index >= 15 is 0 Å². The summed E-state index contributed by atoms with van der Waals surface area (Å²) in [6, 6.07) is 16.5. The molecule has 1 aromatic heterocycles. The second-order valence-corrected chi connectivity index (χ2v) is 8.08. The number of hydrogen-bond acceptors (Lipinski definition) is 7. The summed E-state index contributed by atoms with van der Waals surface area (Å²) in [6.45, 7) is 4.00. The summed E-state index contributed by atoms with van der Waals surface area (Å²) >= 11 is 0. The number of nitrogens with one attached hydrogen (secondary N) is 2. The number of aromatic nitrogens is 2. The molecule has 0 atom stereocenters. The highest BCUT2D eigenvalue weighted by Crippen LogP contribution is 2.41. The third-order valence-electron chi connectivity index (χ3n) is 5.76. The van der Waals surface area contributed by atoms with Crippen LogP contribution in [0, 0.1) is 5.41 Å². The van der Waals surface area contributed by atoms with E-state index in [1.54, 1.807) is 29.2 Å². The number of nitrogens with zero attached hydrogens (tertiary/aromatic N) is 3. The van der Waals surface area contributed by atoms with Gasteiger partial charge in [-0.3, -0.25) is 10.2 Å². The molecule has 0 saturated heterocycles. The standard InChI is InChI=1S/C25H26N6O2/c1-2-20(33)31(19-6-4-3-5-7-19)15-25(12-13-25)30-24-21(23(27)28-16-29-24)22(26)18-10-8-17(14-32)9-11-18/h2-11,16,26,32H,1,12-15H2,(H3,27,28,29,30). The van der Waals surface area contributed by atoms with E-state index in [-0.39, 0.29) is 24.0 Å². The van der Waals surface area contributed by atoms with Crippen molar-refractivity contribution >= 4 is 28.9 Å². The molecule has 8 heteroatoms. The van der Waals surface area contributed by atoms with Crippen molar-refractivity contribution in [3.8, 4) is 0 Å². The van der Waals surface area contributed by atoms with Crippen molar-refractivity contribution in [1.82, 2.24) is 9.97 Å². The molecule has 2 aromatic carbocycles. The molecule has 1 amide bonds. The Morgan fingerprint density at radius 3 is 2.48 bits per heavy atom. The lowest BCUT2D eigenvalue weighted by Crippen LogP contribution is -2.42. The number of rotatable bonds is 9. The molecule has 168 valence electrons. The van der Waals surface area contributed by atoms with Crippen LogP contribution in [0.4, 0.5) is 17.3 Å². The minimum atomic E-state index is -0.398. The van der Waals surface area contributed by atoms with E-state index < -0.39 is 5.54 Å². The van der Waals surface area contributed by atoms with Crippen LogP contribution >= 0.6 is 0 Å². The van der Waals surface area contributed by atoms with Crippen LogP contribution in [-0.4, -0.2) is 38.8 Å². The molecular weight excluding hydrogens is 416 g/mol. The number of amides is 1. The number of aliphatic hydroxyl groups excluding tert-OH is 1. The van der Waals surface area contributed by atoms with Gasteiger partial charge in [-0.2, -0.15) is 0 Å². The van der Waals surface area contributed by atoms with Crippen LogP contribution in [0.25, 0.3) is 0 Å². The number of benzene rings is 2. The number of nitrogens with two attached hydrogens (primary N) is 1. The lowest BCUT2D eigenvalue weighted by Gasteiger charge is -2.28. The van der Waals surface area contributed by atoms with Crippen LogP contribution in [0.3, 0.4) is 0 Å². The summed E-state index contributed by atoms with van der Waals surface area (Å²) in [4.78, 5) is 22.8. The first kappa shape index (κ1) is 22.2. The van der Waals surface area contributed by atoms with Gasteiger partial charge in [0.1, 0.15) is 18.0 Å². The van der Waals surface area contributed by atoms with Crippen molar-refractivity contribution in [3.05, 3.63) is 90.3 Å². The van der Waals surface area contributed by atoms with Gasteiger partial charge in [0.05, 0.1) is 23.4 Å². The fourth-order valence-electron chi connectivity index (χ4n) is 3.70. The first-order chi connectivity index (χ1) is 16.0. The van der Waals surface area contributed by atoms with Gasteiger partial charge in [-0.1, -0.05) is 49.0 Å². The molecule has 1 aliphatic rings. The van der Waals surface area contributed by atoms with E-state index in [1.165, 1.54) is 12.4 Å². The zero-order valence-corrected chi connectivity index (χ0v) is 18.2. The summed E-state index contributed by atoms with van der Waals surface area (Å²) in [5.41, 5.74) is 8.53. The number of carbonyl (C=O) groups is 1. The zero-order chi connectivity index (χ0) is 23.4. The van der Waals surface area contributed by atoms with Gasteiger partial charge < -0.3 is 21.1 Å². The van der Waals surface area contributed by atoms with Crippen LogP contribution in [0.5, 0.6) is 0 Å². The van der Waals surface area contributed by atoms with Crippen LogP contribution in [0.15, 0.2) is 73.6 Å². The van der Waals surface area contributed by atoms with Gasteiger partial charge in [0, 0.05) is 17.8 Å². The predicted molar refractivity (Wildman–Crippen MR) is 129 cm³/mol. The van der Waals surface area contributed by atoms with Crippen LogP contribution < -0.4 is 16.0 Å². The van der Waals surface area contributed by atoms with Crippen LogP contribution in [0.1, 0.15) is 29.5 Å². The summed E-state index contributed by atoms with van der Waals surface area (Å²) in [5, 5.41) is 21.5. The highest BCUT2D eigenvalue weighted by atomic mass is 16.3. The average molecular weight is 443 g/mol. The molecule has 33 heavy (non-hydrogen) atoms. The molecule has 4 rings (SSSR count). The van der Waals surface area contributed by atoms with E-state index in [2.05, 4.69) is 21.9 Å². The minimum Gasteiger partial charge on any atom is -0.392 e.